The molecule has 1 fully saturated rings. The number of aryl methyl sites for hydroxylation is 1. The minimum Gasteiger partial charge on any atom is -0.332 e. The number of thiophene rings is 1. The highest BCUT2D eigenvalue weighted by molar-refractivity contribution is 7.10. The molecule has 1 saturated carbocycles. The number of hydrogen-bond acceptors (Lipinski definition) is 3. The molecular weight excluding hydrogens is 532 g/mol. The molecule has 3 amide bonds. The molecule has 0 saturated heterocycles. The van der Waals surface area contributed by atoms with Crippen LogP contribution in [0.5, 0.6) is 0 Å². The van der Waals surface area contributed by atoms with E-state index in [-0.39, 0.29) is 30.3 Å². The first-order chi connectivity index (χ1) is 17.8. The lowest BCUT2D eigenvalue weighted by Gasteiger charge is -2.35. The molecular formula is C28H30Cl2FN3O2S. The highest BCUT2D eigenvalue weighted by Crippen LogP contribution is 2.28. The van der Waals surface area contributed by atoms with Gasteiger partial charge in [0, 0.05) is 22.5 Å². The van der Waals surface area contributed by atoms with Crippen molar-refractivity contribution in [2.75, 3.05) is 11.9 Å². The minimum absolute atomic E-state index is 0.0417. The Morgan fingerprint density at radius 1 is 1.03 bits per heavy atom. The molecule has 5 nitrogen and oxygen atoms in total. The Morgan fingerprint density at radius 3 is 2.41 bits per heavy atom. The summed E-state index contributed by atoms with van der Waals surface area (Å²) in [6.45, 7) is 2.69. The van der Waals surface area contributed by atoms with Gasteiger partial charge < -0.3 is 15.1 Å². The van der Waals surface area contributed by atoms with Crippen molar-refractivity contribution >= 4 is 52.2 Å². The number of carbonyl (C=O) groups excluding carboxylic acids is 2. The van der Waals surface area contributed by atoms with Gasteiger partial charge in [0.2, 0.25) is 5.91 Å². The third-order valence-corrected chi connectivity index (χ3v) is 8.25. The number of nitrogens with zero attached hydrogens (tertiary/aromatic N) is 2. The Hall–Kier alpha value is -2.61. The summed E-state index contributed by atoms with van der Waals surface area (Å²) in [5, 5.41) is 5.69. The van der Waals surface area contributed by atoms with Gasteiger partial charge in [-0.3, -0.25) is 4.79 Å². The lowest BCUT2D eigenvalue weighted by atomic mass is 9.94. The largest absolute Gasteiger partial charge is 0.332 e. The summed E-state index contributed by atoms with van der Waals surface area (Å²) in [5.41, 5.74) is 2.38. The summed E-state index contributed by atoms with van der Waals surface area (Å²) in [5.74, 6) is -0.489. The van der Waals surface area contributed by atoms with Crippen LogP contribution in [-0.2, 0) is 17.9 Å². The molecule has 9 heteroatoms. The molecule has 0 spiro atoms. The summed E-state index contributed by atoms with van der Waals surface area (Å²) >= 11 is 13.9. The number of urea groups is 1. The molecule has 1 heterocycles. The zero-order valence-corrected chi connectivity index (χ0v) is 23.0. The maximum Gasteiger partial charge on any atom is 0.322 e. The average Bonchev–Trinajstić information content (AvgIpc) is 3.29. The van der Waals surface area contributed by atoms with E-state index in [1.54, 1.807) is 51.5 Å². The summed E-state index contributed by atoms with van der Waals surface area (Å²) in [6.07, 6.45) is 4.83. The number of carbonyl (C=O) groups is 2. The molecule has 0 bridgehead atoms. The van der Waals surface area contributed by atoms with Crippen LogP contribution in [0.15, 0.2) is 53.9 Å². The lowest BCUT2D eigenvalue weighted by molar-refractivity contribution is -0.133. The van der Waals surface area contributed by atoms with Crippen LogP contribution >= 0.6 is 34.5 Å². The first kappa shape index (κ1) is 27.4. The van der Waals surface area contributed by atoms with E-state index in [9.17, 15) is 14.0 Å². The van der Waals surface area contributed by atoms with E-state index >= 15 is 0 Å². The fraction of sp³-hybridized carbons (Fsp3) is 0.357. The normalized spacial score (nSPS) is 13.8. The van der Waals surface area contributed by atoms with Crippen LogP contribution in [0.25, 0.3) is 0 Å². The lowest BCUT2D eigenvalue weighted by Crippen LogP contribution is -2.49. The van der Waals surface area contributed by atoms with Crippen LogP contribution in [0.4, 0.5) is 14.9 Å². The number of anilines is 1. The van der Waals surface area contributed by atoms with Crippen molar-refractivity contribution in [3.8, 4) is 0 Å². The molecule has 2 aromatic carbocycles. The number of benzene rings is 2. The zero-order chi connectivity index (χ0) is 26.4. The van der Waals surface area contributed by atoms with Gasteiger partial charge >= 0.3 is 6.03 Å². The second-order valence-electron chi connectivity index (χ2n) is 9.38. The van der Waals surface area contributed by atoms with E-state index < -0.39 is 0 Å². The highest BCUT2D eigenvalue weighted by atomic mass is 35.5. The van der Waals surface area contributed by atoms with Crippen molar-refractivity contribution in [3.63, 3.8) is 0 Å². The molecule has 4 rings (SSSR count). The quantitative estimate of drug-likeness (QED) is 0.304. The maximum atomic E-state index is 13.8. The van der Waals surface area contributed by atoms with Gasteiger partial charge in [-0.15, -0.1) is 11.3 Å². The number of amides is 3. The van der Waals surface area contributed by atoms with Crippen LogP contribution < -0.4 is 5.32 Å². The summed E-state index contributed by atoms with van der Waals surface area (Å²) < 4.78 is 13.5. The molecule has 1 aliphatic carbocycles. The van der Waals surface area contributed by atoms with E-state index in [0.29, 0.717) is 28.8 Å². The maximum absolute atomic E-state index is 13.8. The standard InChI is InChI=1S/C28H30Cl2FN3O2S/c1-19-13-14-37-26(19)17-33(16-20-7-10-22(31)11-8-20)27(35)18-34(23-5-3-2-4-6-23)28(36)32-25-12-9-21(29)15-24(25)30/h7-15,23H,2-6,16-18H2,1H3,(H,32,36). The SMILES string of the molecule is Cc1ccsc1CN(Cc1ccc(F)cc1)C(=O)CN(C(=O)Nc1ccc(Cl)cc1Cl)C1CCCCC1. The fourth-order valence-electron chi connectivity index (χ4n) is 4.56. The first-order valence-electron chi connectivity index (χ1n) is 12.4. The van der Waals surface area contributed by atoms with Crippen LogP contribution in [0.2, 0.25) is 10.0 Å². The molecule has 1 N–H and O–H groups in total. The topological polar surface area (TPSA) is 52.7 Å². The molecule has 0 atom stereocenters. The molecule has 196 valence electrons. The first-order valence-corrected chi connectivity index (χ1v) is 14.0. The van der Waals surface area contributed by atoms with E-state index in [2.05, 4.69) is 5.32 Å². The zero-order valence-electron chi connectivity index (χ0n) is 20.7. The Morgan fingerprint density at radius 2 is 1.76 bits per heavy atom. The van der Waals surface area contributed by atoms with Gasteiger partial charge in [-0.05, 0) is 72.7 Å². The Kier molecular flexibility index (Phi) is 9.46. The summed E-state index contributed by atoms with van der Waals surface area (Å²) in [7, 11) is 0. The van der Waals surface area contributed by atoms with Crippen molar-refractivity contribution in [1.82, 2.24) is 9.80 Å². The Bertz CT molecular complexity index is 1230. The van der Waals surface area contributed by atoms with Crippen molar-refractivity contribution in [2.24, 2.45) is 0 Å². The number of nitrogens with one attached hydrogen (secondary N) is 1. The van der Waals surface area contributed by atoms with Crippen LogP contribution in [-0.4, -0.2) is 34.3 Å². The van der Waals surface area contributed by atoms with Crippen molar-refractivity contribution < 1.29 is 14.0 Å². The predicted octanol–water partition coefficient (Wildman–Crippen LogP) is 7.90. The number of rotatable bonds is 8. The minimum atomic E-state index is -0.362. The monoisotopic (exact) mass is 561 g/mol. The van der Waals surface area contributed by atoms with Crippen LogP contribution in [0.1, 0.15) is 48.1 Å². The molecule has 0 radical (unpaired) electrons. The average molecular weight is 563 g/mol. The van der Waals surface area contributed by atoms with Gasteiger partial charge in [0.1, 0.15) is 12.4 Å². The summed E-state index contributed by atoms with van der Waals surface area (Å²) in [6, 6.07) is 12.7. The Labute approximate surface area is 231 Å². The molecule has 3 aromatic rings. The fourth-order valence-corrected chi connectivity index (χ4v) is 5.94. The third kappa shape index (κ3) is 7.46. The van der Waals surface area contributed by atoms with E-state index in [1.807, 2.05) is 18.4 Å². The molecule has 0 unspecified atom stereocenters. The van der Waals surface area contributed by atoms with Crippen molar-refractivity contribution in [3.05, 3.63) is 85.8 Å². The van der Waals surface area contributed by atoms with Crippen LogP contribution in [0, 0.1) is 12.7 Å². The Balaban J connectivity index is 1.56. The second kappa shape index (κ2) is 12.8. The molecule has 1 aromatic heterocycles. The van der Waals surface area contributed by atoms with Crippen molar-refractivity contribution in [2.45, 2.75) is 58.2 Å². The van der Waals surface area contributed by atoms with Gasteiger partial charge in [-0.25, -0.2) is 9.18 Å². The predicted molar refractivity (Wildman–Crippen MR) is 149 cm³/mol. The van der Waals surface area contributed by atoms with E-state index in [0.717, 1.165) is 48.1 Å². The van der Waals surface area contributed by atoms with Gasteiger partial charge in [0.15, 0.2) is 0 Å². The van der Waals surface area contributed by atoms with Crippen LogP contribution in [0.3, 0.4) is 0 Å². The molecule has 0 aliphatic heterocycles. The van der Waals surface area contributed by atoms with Gasteiger partial charge in [-0.1, -0.05) is 54.6 Å². The summed E-state index contributed by atoms with van der Waals surface area (Å²) in [4.78, 5) is 31.7. The molecule has 37 heavy (non-hydrogen) atoms. The van der Waals surface area contributed by atoms with E-state index in [4.69, 9.17) is 23.2 Å². The number of halogens is 3. The van der Waals surface area contributed by atoms with E-state index in [1.165, 1.54) is 12.1 Å². The van der Waals surface area contributed by atoms with Crippen molar-refractivity contribution in [1.29, 1.82) is 0 Å². The number of hydrogen-bond donors (Lipinski definition) is 1. The highest BCUT2D eigenvalue weighted by Gasteiger charge is 2.30. The van der Waals surface area contributed by atoms with Gasteiger partial charge in [0.05, 0.1) is 17.3 Å². The van der Waals surface area contributed by atoms with Gasteiger partial charge in [-0.2, -0.15) is 0 Å². The van der Waals surface area contributed by atoms with Gasteiger partial charge in [0.25, 0.3) is 0 Å². The second-order valence-corrected chi connectivity index (χ2v) is 11.2. The molecule has 1 aliphatic rings. The smallest absolute Gasteiger partial charge is 0.322 e. The third-order valence-electron chi connectivity index (χ3n) is 6.70.